The summed E-state index contributed by atoms with van der Waals surface area (Å²) in [4.78, 5) is 51.2. The van der Waals surface area contributed by atoms with Crippen LogP contribution in [0, 0.1) is 0 Å². The molecule has 2 fully saturated rings. The van der Waals surface area contributed by atoms with Gasteiger partial charge in [-0.25, -0.2) is 4.79 Å². The number of aliphatic hydroxyl groups is 1. The second-order valence-corrected chi connectivity index (χ2v) is 8.12. The van der Waals surface area contributed by atoms with Gasteiger partial charge in [-0.15, -0.1) is 0 Å². The molecule has 10 nitrogen and oxygen atoms in total. The molecule has 3 atom stereocenters. The van der Waals surface area contributed by atoms with Gasteiger partial charge < -0.3 is 25.8 Å². The van der Waals surface area contributed by atoms with Crippen LogP contribution in [0.5, 0.6) is 0 Å². The van der Waals surface area contributed by atoms with Crippen LogP contribution in [-0.2, 0) is 19.1 Å². The number of aliphatic hydroxyl groups excluding tert-OH is 1. The summed E-state index contributed by atoms with van der Waals surface area (Å²) in [7, 11) is 0. The molecule has 4 amide bonds. The minimum absolute atomic E-state index is 0.217. The normalized spacial score (nSPS) is 24.4. The fourth-order valence-electron chi connectivity index (χ4n) is 3.46. The molecule has 2 heterocycles. The third-order valence-electron chi connectivity index (χ3n) is 4.68. The summed E-state index contributed by atoms with van der Waals surface area (Å²) in [6.07, 6.45) is -0.500. The molecule has 0 aliphatic carbocycles. The Hall–Kier alpha value is -2.36. The number of hydrogen-bond donors (Lipinski definition) is 3. The highest BCUT2D eigenvalue weighted by Crippen LogP contribution is 2.39. The van der Waals surface area contributed by atoms with Gasteiger partial charge in [0.1, 0.15) is 17.2 Å². The topological polar surface area (TPSA) is 142 Å². The first-order chi connectivity index (χ1) is 12.4. The number of primary amides is 1. The second-order valence-electron chi connectivity index (χ2n) is 8.12. The summed E-state index contributed by atoms with van der Waals surface area (Å²) >= 11 is 0. The molecule has 0 radical (unpaired) electrons. The number of ether oxygens (including phenoxy) is 1. The number of nitrogens with two attached hydrogens (primary N) is 1. The van der Waals surface area contributed by atoms with Crippen molar-refractivity contribution in [2.75, 3.05) is 19.6 Å². The Labute approximate surface area is 158 Å². The van der Waals surface area contributed by atoms with Gasteiger partial charge in [-0.05, 0) is 40.5 Å². The van der Waals surface area contributed by atoms with Crippen molar-refractivity contribution < 1.29 is 29.0 Å². The van der Waals surface area contributed by atoms with Crippen molar-refractivity contribution >= 4 is 23.8 Å². The van der Waals surface area contributed by atoms with Crippen LogP contribution in [-0.4, -0.2) is 81.6 Å². The average Bonchev–Trinajstić information content (AvgIpc) is 2.96. The zero-order chi connectivity index (χ0) is 20.6. The first-order valence-corrected chi connectivity index (χ1v) is 8.94. The Kier molecular flexibility index (Phi) is 5.69. The number of carbonyl (C=O) groups is 4. The van der Waals surface area contributed by atoms with Crippen molar-refractivity contribution in [1.29, 1.82) is 0 Å². The number of carbonyl (C=O) groups excluding carboxylic acids is 4. The molecule has 0 saturated carbocycles. The van der Waals surface area contributed by atoms with E-state index in [0.717, 1.165) is 0 Å². The molecule has 0 aromatic heterocycles. The molecule has 0 aromatic rings. The van der Waals surface area contributed by atoms with Crippen molar-refractivity contribution in [3.63, 3.8) is 0 Å². The minimum Gasteiger partial charge on any atom is -0.444 e. The number of hydrogen-bond acceptors (Lipinski definition) is 6. The first-order valence-electron chi connectivity index (χ1n) is 8.94. The van der Waals surface area contributed by atoms with Gasteiger partial charge in [-0.1, -0.05) is 0 Å². The van der Waals surface area contributed by atoms with Gasteiger partial charge in [0, 0.05) is 6.54 Å². The third-order valence-corrected chi connectivity index (χ3v) is 4.68. The van der Waals surface area contributed by atoms with E-state index < -0.39 is 41.2 Å². The SMILES string of the molecule is CC(O)C(NC(=O)CN1C[C@]2(CCCN2C(=O)OC(C)(C)C)C1=O)C(N)=O. The summed E-state index contributed by atoms with van der Waals surface area (Å²) < 4.78 is 5.38. The Morgan fingerprint density at radius 3 is 2.48 bits per heavy atom. The molecule has 1 spiro atoms. The van der Waals surface area contributed by atoms with Gasteiger partial charge >= 0.3 is 6.09 Å². The molecule has 152 valence electrons. The van der Waals surface area contributed by atoms with Crippen molar-refractivity contribution in [1.82, 2.24) is 15.1 Å². The number of amides is 4. The van der Waals surface area contributed by atoms with E-state index in [1.54, 1.807) is 20.8 Å². The Morgan fingerprint density at radius 2 is 2.00 bits per heavy atom. The molecule has 2 unspecified atom stereocenters. The van der Waals surface area contributed by atoms with Gasteiger partial charge in [0.2, 0.25) is 11.8 Å². The lowest BCUT2D eigenvalue weighted by Crippen LogP contribution is -2.74. The molecular weight excluding hydrogens is 356 g/mol. The van der Waals surface area contributed by atoms with Crippen LogP contribution in [0.25, 0.3) is 0 Å². The Bertz CT molecular complexity index is 644. The molecule has 4 N–H and O–H groups in total. The highest BCUT2D eigenvalue weighted by atomic mass is 16.6. The molecule has 2 aliphatic rings. The number of β-lactam (4-membered cyclic amide) rings is 1. The quantitative estimate of drug-likeness (QED) is 0.516. The molecule has 27 heavy (non-hydrogen) atoms. The number of likely N-dealkylation sites (tertiary alicyclic amines) is 2. The van der Waals surface area contributed by atoms with E-state index in [1.807, 2.05) is 0 Å². The van der Waals surface area contributed by atoms with E-state index >= 15 is 0 Å². The lowest BCUT2D eigenvalue weighted by Gasteiger charge is -2.50. The van der Waals surface area contributed by atoms with Crippen molar-refractivity contribution in [3.05, 3.63) is 0 Å². The summed E-state index contributed by atoms with van der Waals surface area (Å²) in [6.45, 7) is 6.95. The van der Waals surface area contributed by atoms with Crippen molar-refractivity contribution in [3.8, 4) is 0 Å². The van der Waals surface area contributed by atoms with Crippen LogP contribution in [0.2, 0.25) is 0 Å². The highest BCUT2D eigenvalue weighted by molar-refractivity contribution is 5.99. The average molecular weight is 384 g/mol. The maximum atomic E-state index is 12.7. The summed E-state index contributed by atoms with van der Waals surface area (Å²) in [5.74, 6) is -1.80. The minimum atomic E-state index is -1.23. The second kappa shape index (κ2) is 7.34. The van der Waals surface area contributed by atoms with Crippen LogP contribution < -0.4 is 11.1 Å². The molecule has 0 aromatic carbocycles. The molecular formula is C17H28N4O6. The maximum Gasteiger partial charge on any atom is 0.411 e. The smallest absolute Gasteiger partial charge is 0.411 e. The largest absolute Gasteiger partial charge is 0.444 e. The van der Waals surface area contributed by atoms with Crippen LogP contribution in [0.3, 0.4) is 0 Å². The fraction of sp³-hybridized carbons (Fsp3) is 0.765. The van der Waals surface area contributed by atoms with Crippen molar-refractivity contribution in [2.45, 2.75) is 63.8 Å². The van der Waals surface area contributed by atoms with E-state index in [-0.39, 0.29) is 19.0 Å². The van der Waals surface area contributed by atoms with Crippen LogP contribution in [0.1, 0.15) is 40.5 Å². The van der Waals surface area contributed by atoms with Crippen LogP contribution in [0.15, 0.2) is 0 Å². The summed E-state index contributed by atoms with van der Waals surface area (Å²) in [6, 6.07) is -1.23. The number of nitrogens with one attached hydrogen (secondary N) is 1. The predicted molar refractivity (Wildman–Crippen MR) is 94.3 cm³/mol. The standard InChI is InChI=1S/C17H28N4O6/c1-10(22)12(13(18)24)19-11(23)8-20-9-17(14(20)25)6-5-7-21(17)15(26)27-16(2,3)4/h10,12,22H,5-9H2,1-4H3,(H2,18,24)(H,19,23)/t10?,12?,17-/m1/s1. The van der Waals surface area contributed by atoms with Gasteiger partial charge in [-0.3, -0.25) is 19.3 Å². The first kappa shape index (κ1) is 20.9. The molecule has 2 rings (SSSR count). The van der Waals surface area contributed by atoms with E-state index in [0.29, 0.717) is 19.4 Å². The zero-order valence-corrected chi connectivity index (χ0v) is 16.2. The monoisotopic (exact) mass is 384 g/mol. The lowest BCUT2D eigenvalue weighted by molar-refractivity contribution is -0.162. The maximum absolute atomic E-state index is 12.7. The number of nitrogens with zero attached hydrogens (tertiary/aromatic N) is 2. The third kappa shape index (κ3) is 4.32. The van der Waals surface area contributed by atoms with E-state index in [2.05, 4.69) is 5.32 Å². The van der Waals surface area contributed by atoms with Gasteiger partial charge in [0.05, 0.1) is 19.2 Å². The van der Waals surface area contributed by atoms with E-state index in [4.69, 9.17) is 10.5 Å². The lowest BCUT2D eigenvalue weighted by atomic mass is 9.85. The van der Waals surface area contributed by atoms with E-state index in [9.17, 15) is 24.3 Å². The molecule has 10 heteroatoms. The molecule has 2 saturated heterocycles. The van der Waals surface area contributed by atoms with Crippen LogP contribution in [0.4, 0.5) is 4.79 Å². The summed E-state index contributed by atoms with van der Waals surface area (Å²) in [5, 5.41) is 11.8. The van der Waals surface area contributed by atoms with E-state index in [1.165, 1.54) is 16.7 Å². The molecule has 2 aliphatic heterocycles. The zero-order valence-electron chi connectivity index (χ0n) is 16.2. The van der Waals surface area contributed by atoms with Gasteiger partial charge in [-0.2, -0.15) is 0 Å². The van der Waals surface area contributed by atoms with Crippen LogP contribution >= 0.6 is 0 Å². The Morgan fingerprint density at radius 1 is 1.37 bits per heavy atom. The molecule has 0 bridgehead atoms. The van der Waals surface area contributed by atoms with Gasteiger partial charge in [0.15, 0.2) is 0 Å². The van der Waals surface area contributed by atoms with Gasteiger partial charge in [0.25, 0.3) is 5.91 Å². The summed E-state index contributed by atoms with van der Waals surface area (Å²) in [5.41, 5.74) is 3.50. The number of rotatable bonds is 5. The highest BCUT2D eigenvalue weighted by Gasteiger charge is 2.60. The predicted octanol–water partition coefficient (Wildman–Crippen LogP) is -1.05. The Balaban J connectivity index is 1.97. The van der Waals surface area contributed by atoms with Crippen molar-refractivity contribution in [2.24, 2.45) is 5.73 Å². The fourth-order valence-corrected chi connectivity index (χ4v) is 3.46.